The number of halogens is 1. The molecule has 0 saturated heterocycles. The van der Waals surface area contributed by atoms with Crippen molar-refractivity contribution >= 4 is 28.6 Å². The van der Waals surface area contributed by atoms with Gasteiger partial charge in [-0.1, -0.05) is 42.1 Å². The van der Waals surface area contributed by atoms with Gasteiger partial charge >= 0.3 is 0 Å². The quantitative estimate of drug-likeness (QED) is 0.328. The molecule has 33 heavy (non-hydrogen) atoms. The zero-order chi connectivity index (χ0) is 23.4. The second-order valence-corrected chi connectivity index (χ2v) is 8.34. The number of carbonyl (C=O) groups excluding carboxylic acids is 1. The minimum absolute atomic E-state index is 0.0509. The van der Waals surface area contributed by atoms with Gasteiger partial charge in [-0.05, 0) is 54.4 Å². The first kappa shape index (κ1) is 22.5. The van der Waals surface area contributed by atoms with Gasteiger partial charge in [0.25, 0.3) is 5.56 Å². The number of benzene rings is 3. The summed E-state index contributed by atoms with van der Waals surface area (Å²) in [5, 5.41) is 3.60. The van der Waals surface area contributed by atoms with Gasteiger partial charge in [0.05, 0.1) is 29.5 Å². The molecule has 0 radical (unpaired) electrons. The molecule has 0 spiro atoms. The lowest BCUT2D eigenvalue weighted by Crippen LogP contribution is -2.26. The highest BCUT2D eigenvalue weighted by Crippen LogP contribution is 2.22. The van der Waals surface area contributed by atoms with Gasteiger partial charge in [0.15, 0.2) is 5.16 Å². The summed E-state index contributed by atoms with van der Waals surface area (Å²) in [5.41, 5.74) is 1.98. The zero-order valence-corrected chi connectivity index (χ0v) is 19.0. The predicted molar refractivity (Wildman–Crippen MR) is 128 cm³/mol. The molecule has 6 nitrogen and oxygen atoms in total. The minimum atomic E-state index is -0.416. The van der Waals surface area contributed by atoms with E-state index in [4.69, 9.17) is 4.74 Å². The number of para-hydroxylation sites is 1. The van der Waals surface area contributed by atoms with E-state index in [1.165, 1.54) is 10.6 Å². The van der Waals surface area contributed by atoms with Crippen molar-refractivity contribution in [2.75, 3.05) is 12.9 Å². The Labute approximate surface area is 194 Å². The minimum Gasteiger partial charge on any atom is -0.497 e. The number of nitrogens with zero attached hydrogens (tertiary/aromatic N) is 2. The van der Waals surface area contributed by atoms with E-state index in [2.05, 4.69) is 10.3 Å². The van der Waals surface area contributed by atoms with E-state index >= 15 is 0 Å². The Bertz CT molecular complexity index is 1370. The van der Waals surface area contributed by atoms with E-state index < -0.39 is 5.82 Å². The number of aryl methyl sites for hydroxylation is 1. The Hall–Kier alpha value is -3.65. The molecule has 3 aromatic carbocycles. The fraction of sp³-hybridized carbons (Fsp3) is 0.160. The Morgan fingerprint density at radius 3 is 2.61 bits per heavy atom. The van der Waals surface area contributed by atoms with Crippen molar-refractivity contribution in [3.8, 4) is 11.4 Å². The highest BCUT2D eigenvalue weighted by Gasteiger charge is 2.15. The van der Waals surface area contributed by atoms with Crippen LogP contribution in [0.3, 0.4) is 0 Å². The molecule has 1 aromatic heterocycles. The van der Waals surface area contributed by atoms with Crippen LogP contribution in [0.2, 0.25) is 0 Å². The van der Waals surface area contributed by atoms with Crippen LogP contribution in [0.15, 0.2) is 76.7 Å². The molecule has 0 bridgehead atoms. The lowest BCUT2D eigenvalue weighted by Gasteiger charge is -2.14. The standard InChI is InChI=1S/C25H22FN3O3S/c1-16-7-10-18(13-21(16)26)29-24(31)20-5-3-4-6-22(20)28-25(29)33-15-23(30)27-14-17-8-11-19(32-2)12-9-17/h3-13H,14-15H2,1-2H3,(H,27,30). The van der Waals surface area contributed by atoms with Crippen molar-refractivity contribution in [2.24, 2.45) is 0 Å². The highest BCUT2D eigenvalue weighted by atomic mass is 32.2. The molecule has 0 aliphatic heterocycles. The Kier molecular flexibility index (Phi) is 6.74. The summed E-state index contributed by atoms with van der Waals surface area (Å²) in [6, 6.07) is 19.0. The fourth-order valence-corrected chi connectivity index (χ4v) is 4.13. The first-order valence-corrected chi connectivity index (χ1v) is 11.3. The summed E-state index contributed by atoms with van der Waals surface area (Å²) < 4.78 is 20.7. The van der Waals surface area contributed by atoms with Crippen LogP contribution in [0.1, 0.15) is 11.1 Å². The molecule has 0 unspecified atom stereocenters. The van der Waals surface area contributed by atoms with E-state index in [0.717, 1.165) is 23.1 Å². The molecule has 1 amide bonds. The number of rotatable bonds is 7. The van der Waals surface area contributed by atoms with E-state index in [0.29, 0.717) is 33.9 Å². The van der Waals surface area contributed by atoms with Crippen LogP contribution in [0.5, 0.6) is 5.75 Å². The largest absolute Gasteiger partial charge is 0.497 e. The number of thioether (sulfide) groups is 1. The number of methoxy groups -OCH3 is 1. The lowest BCUT2D eigenvalue weighted by atomic mass is 10.2. The number of carbonyl (C=O) groups is 1. The van der Waals surface area contributed by atoms with Crippen molar-refractivity contribution in [1.29, 1.82) is 0 Å². The van der Waals surface area contributed by atoms with Gasteiger partial charge < -0.3 is 10.1 Å². The number of amides is 1. The molecular formula is C25H22FN3O3S. The third-order valence-corrected chi connectivity index (χ3v) is 6.08. The van der Waals surface area contributed by atoms with Crippen molar-refractivity contribution < 1.29 is 13.9 Å². The Morgan fingerprint density at radius 1 is 1.12 bits per heavy atom. The average molecular weight is 464 g/mol. The number of fused-ring (bicyclic) bond motifs is 1. The molecule has 8 heteroatoms. The van der Waals surface area contributed by atoms with Crippen molar-refractivity contribution in [2.45, 2.75) is 18.6 Å². The van der Waals surface area contributed by atoms with E-state index in [-0.39, 0.29) is 17.2 Å². The number of hydrogen-bond donors (Lipinski definition) is 1. The molecule has 0 atom stereocenters. The van der Waals surface area contributed by atoms with E-state index in [1.54, 1.807) is 50.4 Å². The predicted octanol–water partition coefficient (Wildman–Crippen LogP) is 4.25. The van der Waals surface area contributed by atoms with E-state index in [1.807, 2.05) is 24.3 Å². The second-order valence-electron chi connectivity index (χ2n) is 7.40. The van der Waals surface area contributed by atoms with Crippen LogP contribution in [-0.4, -0.2) is 28.3 Å². The summed E-state index contributed by atoms with van der Waals surface area (Å²) in [4.78, 5) is 30.3. The van der Waals surface area contributed by atoms with Crippen molar-refractivity contribution in [1.82, 2.24) is 14.9 Å². The highest BCUT2D eigenvalue weighted by molar-refractivity contribution is 7.99. The fourth-order valence-electron chi connectivity index (χ4n) is 3.28. The van der Waals surface area contributed by atoms with Crippen LogP contribution >= 0.6 is 11.8 Å². The summed E-state index contributed by atoms with van der Waals surface area (Å²) in [5.74, 6) is 0.170. The van der Waals surface area contributed by atoms with Crippen LogP contribution < -0.4 is 15.6 Å². The average Bonchev–Trinajstić information content (AvgIpc) is 2.83. The van der Waals surface area contributed by atoms with Gasteiger partial charge in [0.1, 0.15) is 11.6 Å². The molecule has 168 valence electrons. The normalized spacial score (nSPS) is 10.9. The Morgan fingerprint density at radius 2 is 1.88 bits per heavy atom. The third kappa shape index (κ3) is 5.06. The van der Waals surface area contributed by atoms with Crippen LogP contribution in [0.25, 0.3) is 16.6 Å². The number of aromatic nitrogens is 2. The zero-order valence-electron chi connectivity index (χ0n) is 18.2. The van der Waals surface area contributed by atoms with Crippen molar-refractivity contribution in [3.05, 3.63) is 94.0 Å². The first-order chi connectivity index (χ1) is 16.0. The van der Waals surface area contributed by atoms with Gasteiger partial charge in [-0.25, -0.2) is 9.37 Å². The molecule has 0 fully saturated rings. The summed E-state index contributed by atoms with van der Waals surface area (Å²) in [6.45, 7) is 2.02. The molecule has 1 N–H and O–H groups in total. The SMILES string of the molecule is COc1ccc(CNC(=O)CSc2nc3ccccc3c(=O)n2-c2ccc(C)c(F)c2)cc1. The second kappa shape index (κ2) is 9.87. The maximum Gasteiger partial charge on any atom is 0.266 e. The molecule has 1 heterocycles. The Balaban J connectivity index is 1.57. The maximum absolute atomic E-state index is 14.3. The lowest BCUT2D eigenvalue weighted by molar-refractivity contribution is -0.118. The molecular weight excluding hydrogens is 441 g/mol. The topological polar surface area (TPSA) is 73.2 Å². The van der Waals surface area contributed by atoms with Crippen LogP contribution in [0.4, 0.5) is 4.39 Å². The molecule has 4 rings (SSSR count). The number of hydrogen-bond acceptors (Lipinski definition) is 5. The molecule has 4 aromatic rings. The van der Waals surface area contributed by atoms with Crippen molar-refractivity contribution in [3.63, 3.8) is 0 Å². The summed E-state index contributed by atoms with van der Waals surface area (Å²) >= 11 is 1.13. The first-order valence-electron chi connectivity index (χ1n) is 10.3. The number of ether oxygens (including phenoxy) is 1. The van der Waals surface area contributed by atoms with Gasteiger partial charge in [0.2, 0.25) is 5.91 Å². The van der Waals surface area contributed by atoms with Crippen LogP contribution in [-0.2, 0) is 11.3 Å². The van der Waals surface area contributed by atoms with Gasteiger partial charge in [-0.2, -0.15) is 0 Å². The maximum atomic E-state index is 14.3. The summed E-state index contributed by atoms with van der Waals surface area (Å²) in [7, 11) is 1.60. The third-order valence-electron chi connectivity index (χ3n) is 5.14. The summed E-state index contributed by atoms with van der Waals surface area (Å²) in [6.07, 6.45) is 0. The monoisotopic (exact) mass is 463 g/mol. The number of nitrogens with one attached hydrogen (secondary N) is 1. The van der Waals surface area contributed by atoms with Gasteiger partial charge in [0, 0.05) is 6.54 Å². The molecule has 0 aliphatic rings. The van der Waals surface area contributed by atoms with Gasteiger partial charge in [-0.15, -0.1) is 0 Å². The molecule has 0 aliphatic carbocycles. The van der Waals surface area contributed by atoms with Gasteiger partial charge in [-0.3, -0.25) is 14.2 Å². The van der Waals surface area contributed by atoms with E-state index in [9.17, 15) is 14.0 Å². The van der Waals surface area contributed by atoms with Crippen LogP contribution in [0, 0.1) is 12.7 Å². The molecule has 0 saturated carbocycles. The smallest absolute Gasteiger partial charge is 0.266 e.